The second-order valence-corrected chi connectivity index (χ2v) is 6.70. The summed E-state index contributed by atoms with van der Waals surface area (Å²) >= 11 is 0. The highest BCUT2D eigenvalue weighted by atomic mass is 16.2. The molecule has 132 valence electrons. The number of hydrogen-bond donors (Lipinski definition) is 1. The van der Waals surface area contributed by atoms with E-state index in [0.717, 1.165) is 17.7 Å². The molecular weight excluding hydrogens is 326 g/mol. The van der Waals surface area contributed by atoms with Gasteiger partial charge in [-0.1, -0.05) is 72.8 Å². The van der Waals surface area contributed by atoms with E-state index in [4.69, 9.17) is 0 Å². The summed E-state index contributed by atoms with van der Waals surface area (Å²) in [5.41, 5.74) is 2.30. The van der Waals surface area contributed by atoms with Crippen LogP contribution in [0.2, 0.25) is 0 Å². The van der Waals surface area contributed by atoms with Crippen LogP contribution in [0, 0.1) is 5.92 Å². The molecule has 0 radical (unpaired) electrons. The number of carbonyl (C=O) groups excluding carboxylic acids is 1. The third kappa shape index (κ3) is 3.31. The predicted octanol–water partition coefficient (Wildman–Crippen LogP) is 3.55. The second kappa shape index (κ2) is 7.00. The summed E-state index contributed by atoms with van der Waals surface area (Å²) in [6.07, 6.45) is 1.76. The Hall–Kier alpha value is -3.15. The Kier molecular flexibility index (Phi) is 4.39. The van der Waals surface area contributed by atoms with Crippen molar-refractivity contribution in [3.8, 4) is 0 Å². The monoisotopic (exact) mass is 347 g/mol. The first-order chi connectivity index (χ1) is 12.7. The molecule has 1 aliphatic heterocycles. The van der Waals surface area contributed by atoms with Gasteiger partial charge >= 0.3 is 6.03 Å². The predicted molar refractivity (Wildman–Crippen MR) is 99.6 cm³/mol. The third-order valence-corrected chi connectivity index (χ3v) is 4.72. The average molecular weight is 347 g/mol. The molecule has 0 saturated carbocycles. The van der Waals surface area contributed by atoms with Crippen LogP contribution >= 0.6 is 0 Å². The molecule has 1 fully saturated rings. The molecule has 0 spiro atoms. The minimum atomic E-state index is -0.135. The Morgan fingerprint density at radius 2 is 1.81 bits per heavy atom. The molecule has 1 aliphatic rings. The van der Waals surface area contributed by atoms with E-state index in [0.29, 0.717) is 18.3 Å². The van der Waals surface area contributed by atoms with Crippen LogP contribution < -0.4 is 5.32 Å². The Balaban J connectivity index is 1.41. The number of nitrogens with zero attached hydrogens (tertiary/aromatic N) is 4. The molecule has 3 aromatic rings. The zero-order valence-electron chi connectivity index (χ0n) is 14.6. The van der Waals surface area contributed by atoms with Crippen molar-refractivity contribution in [2.75, 3.05) is 11.9 Å². The van der Waals surface area contributed by atoms with Gasteiger partial charge in [0.15, 0.2) is 5.82 Å². The van der Waals surface area contributed by atoms with E-state index in [1.54, 1.807) is 10.9 Å². The average Bonchev–Trinajstić information content (AvgIpc) is 3.08. The molecule has 0 unspecified atom stereocenters. The van der Waals surface area contributed by atoms with Gasteiger partial charge in [-0.15, -0.1) is 5.10 Å². The van der Waals surface area contributed by atoms with E-state index < -0.39 is 0 Å². The maximum Gasteiger partial charge on any atom is 0.323 e. The Morgan fingerprint density at radius 3 is 2.50 bits per heavy atom. The molecular formula is C20H21N5O. The van der Waals surface area contributed by atoms with Crippen molar-refractivity contribution >= 4 is 11.8 Å². The normalized spacial score (nSPS) is 19.0. The summed E-state index contributed by atoms with van der Waals surface area (Å²) in [5.74, 6) is 0.911. The van der Waals surface area contributed by atoms with Gasteiger partial charge in [0.25, 0.3) is 0 Å². The lowest BCUT2D eigenvalue weighted by atomic mass is 9.85. The first-order valence-electron chi connectivity index (χ1n) is 8.77. The number of anilines is 1. The second-order valence-electron chi connectivity index (χ2n) is 6.70. The van der Waals surface area contributed by atoms with Crippen LogP contribution in [-0.4, -0.2) is 32.5 Å². The fourth-order valence-electron chi connectivity index (χ4n) is 3.45. The number of urea groups is 1. The summed E-state index contributed by atoms with van der Waals surface area (Å²) in [5, 5.41) is 11.0. The lowest BCUT2D eigenvalue weighted by Gasteiger charge is -2.46. The standard InChI is InChI=1S/C20H21N5O/c1-15-12-25(19(15)17-10-6-3-7-11-17)20(26)21-18-14-24(23-22-18)13-16-8-4-2-5-9-16/h2-11,14-15,19H,12-13H2,1H3,(H,21,26)/t15-,19-/m1/s1. The van der Waals surface area contributed by atoms with Gasteiger partial charge in [0.2, 0.25) is 0 Å². The maximum atomic E-state index is 12.6. The molecule has 0 bridgehead atoms. The molecule has 2 amide bonds. The van der Waals surface area contributed by atoms with Crippen molar-refractivity contribution in [3.05, 3.63) is 78.0 Å². The molecule has 2 heterocycles. The van der Waals surface area contributed by atoms with Crippen molar-refractivity contribution in [2.24, 2.45) is 5.92 Å². The molecule has 26 heavy (non-hydrogen) atoms. The lowest BCUT2D eigenvalue weighted by molar-refractivity contribution is 0.0670. The highest BCUT2D eigenvalue weighted by Gasteiger charge is 2.40. The van der Waals surface area contributed by atoms with E-state index in [9.17, 15) is 4.79 Å². The first-order valence-corrected chi connectivity index (χ1v) is 8.77. The van der Waals surface area contributed by atoms with Gasteiger partial charge in [-0.25, -0.2) is 9.48 Å². The summed E-state index contributed by atoms with van der Waals surface area (Å²) < 4.78 is 1.72. The topological polar surface area (TPSA) is 63.1 Å². The maximum absolute atomic E-state index is 12.6. The molecule has 1 N–H and O–H groups in total. The number of hydrogen-bond acceptors (Lipinski definition) is 3. The van der Waals surface area contributed by atoms with Gasteiger partial charge in [0.05, 0.1) is 18.8 Å². The van der Waals surface area contributed by atoms with Crippen LogP contribution in [0.5, 0.6) is 0 Å². The van der Waals surface area contributed by atoms with E-state index in [-0.39, 0.29) is 12.1 Å². The van der Waals surface area contributed by atoms with Gasteiger partial charge < -0.3 is 4.90 Å². The van der Waals surface area contributed by atoms with Crippen molar-refractivity contribution in [2.45, 2.75) is 19.5 Å². The van der Waals surface area contributed by atoms with Gasteiger partial charge in [0, 0.05) is 6.54 Å². The molecule has 1 saturated heterocycles. The number of rotatable bonds is 4. The van der Waals surface area contributed by atoms with Gasteiger partial charge in [-0.2, -0.15) is 0 Å². The minimum absolute atomic E-state index is 0.107. The number of aromatic nitrogens is 3. The fourth-order valence-corrected chi connectivity index (χ4v) is 3.45. The molecule has 4 rings (SSSR count). The van der Waals surface area contributed by atoms with E-state index in [1.807, 2.05) is 53.4 Å². The molecule has 6 nitrogen and oxygen atoms in total. The SMILES string of the molecule is C[C@@H]1CN(C(=O)Nc2cn(Cc3ccccc3)nn2)[C@H]1c1ccccc1. The zero-order chi connectivity index (χ0) is 17.9. The first kappa shape index (κ1) is 16.3. The van der Waals surface area contributed by atoms with Gasteiger partial charge in [-0.05, 0) is 17.0 Å². The minimum Gasteiger partial charge on any atom is -0.317 e. The zero-order valence-corrected chi connectivity index (χ0v) is 14.6. The van der Waals surface area contributed by atoms with Crippen molar-refractivity contribution in [3.63, 3.8) is 0 Å². The molecule has 2 aromatic carbocycles. The van der Waals surface area contributed by atoms with Crippen LogP contribution in [0.4, 0.5) is 10.6 Å². The lowest BCUT2D eigenvalue weighted by Crippen LogP contribution is -2.53. The number of likely N-dealkylation sites (tertiary alicyclic amines) is 1. The fraction of sp³-hybridized carbons (Fsp3) is 0.250. The number of benzene rings is 2. The molecule has 2 atom stereocenters. The van der Waals surface area contributed by atoms with Crippen molar-refractivity contribution in [1.82, 2.24) is 19.9 Å². The number of amides is 2. The van der Waals surface area contributed by atoms with Gasteiger partial charge in [-0.3, -0.25) is 5.32 Å². The molecule has 6 heteroatoms. The van der Waals surface area contributed by atoms with Crippen molar-refractivity contribution < 1.29 is 4.79 Å². The Morgan fingerprint density at radius 1 is 1.12 bits per heavy atom. The quantitative estimate of drug-likeness (QED) is 0.785. The summed E-state index contributed by atoms with van der Waals surface area (Å²) in [6, 6.07) is 20.1. The van der Waals surface area contributed by atoms with Crippen LogP contribution in [0.25, 0.3) is 0 Å². The summed E-state index contributed by atoms with van der Waals surface area (Å²) in [4.78, 5) is 14.5. The smallest absolute Gasteiger partial charge is 0.317 e. The number of nitrogens with one attached hydrogen (secondary N) is 1. The molecule has 1 aromatic heterocycles. The Labute approximate surface area is 152 Å². The van der Waals surface area contributed by atoms with E-state index in [1.165, 1.54) is 0 Å². The van der Waals surface area contributed by atoms with E-state index in [2.05, 4.69) is 34.7 Å². The Bertz CT molecular complexity index is 877. The van der Waals surface area contributed by atoms with Crippen LogP contribution in [-0.2, 0) is 6.54 Å². The van der Waals surface area contributed by atoms with Crippen LogP contribution in [0.3, 0.4) is 0 Å². The third-order valence-electron chi connectivity index (χ3n) is 4.72. The summed E-state index contributed by atoms with van der Waals surface area (Å²) in [6.45, 7) is 3.53. The van der Waals surface area contributed by atoms with Crippen LogP contribution in [0.15, 0.2) is 66.9 Å². The van der Waals surface area contributed by atoms with E-state index >= 15 is 0 Å². The van der Waals surface area contributed by atoms with Gasteiger partial charge in [0.1, 0.15) is 0 Å². The summed E-state index contributed by atoms with van der Waals surface area (Å²) in [7, 11) is 0. The highest BCUT2D eigenvalue weighted by Crippen LogP contribution is 2.38. The van der Waals surface area contributed by atoms with Crippen molar-refractivity contribution in [1.29, 1.82) is 0 Å². The van der Waals surface area contributed by atoms with Crippen LogP contribution in [0.1, 0.15) is 24.1 Å². The number of carbonyl (C=O) groups is 1. The molecule has 0 aliphatic carbocycles. The largest absolute Gasteiger partial charge is 0.323 e. The highest BCUT2D eigenvalue weighted by molar-refractivity contribution is 5.89.